The quantitative estimate of drug-likeness (QED) is 0.472. The maximum Gasteiger partial charge on any atom is -0.0380 e. The van der Waals surface area contributed by atoms with Gasteiger partial charge in [-0.2, -0.15) is 0 Å². The molecule has 0 saturated heterocycles. The van der Waals surface area contributed by atoms with E-state index in [-0.39, 0.29) is 0 Å². The van der Waals surface area contributed by atoms with Crippen LogP contribution in [0, 0.1) is 17.3 Å². The lowest BCUT2D eigenvalue weighted by molar-refractivity contribution is 0.274. The van der Waals surface area contributed by atoms with Gasteiger partial charge in [-0.3, -0.25) is 0 Å². The Morgan fingerprint density at radius 3 is 1.69 bits per heavy atom. The van der Waals surface area contributed by atoms with Crippen LogP contribution in [0.15, 0.2) is 0 Å². The van der Waals surface area contributed by atoms with Crippen molar-refractivity contribution in [3.8, 4) is 0 Å². The van der Waals surface area contributed by atoms with Crippen LogP contribution in [0.25, 0.3) is 0 Å². The van der Waals surface area contributed by atoms with Crippen molar-refractivity contribution in [2.45, 2.75) is 86.5 Å². The summed E-state index contributed by atoms with van der Waals surface area (Å²) in [5.41, 5.74) is 0.504. The highest BCUT2D eigenvalue weighted by molar-refractivity contribution is 4.68. The fourth-order valence-electron chi connectivity index (χ4n) is 2.92. The van der Waals surface area contributed by atoms with Crippen LogP contribution in [0.2, 0.25) is 0 Å². The fraction of sp³-hybridized carbons (Fsp3) is 1.00. The minimum Gasteiger partial charge on any atom is -0.0654 e. The van der Waals surface area contributed by atoms with E-state index in [1.54, 1.807) is 0 Å². The van der Waals surface area contributed by atoms with E-state index in [1.807, 2.05) is 0 Å². The Labute approximate surface area is 104 Å². The third-order valence-electron chi connectivity index (χ3n) is 3.42. The van der Waals surface area contributed by atoms with E-state index in [0.717, 1.165) is 11.8 Å². The summed E-state index contributed by atoms with van der Waals surface area (Å²) in [4.78, 5) is 0. The Balaban J connectivity index is 3.81. The first-order valence-electron chi connectivity index (χ1n) is 7.39. The molecular formula is C16H34. The standard InChI is InChI=1S/C16H34/c1-7-9-15(10-8-2)12-11-14(3)13-16(4,5)6/h14-15H,7-13H2,1-6H3. The first kappa shape index (κ1) is 16.0. The van der Waals surface area contributed by atoms with E-state index in [4.69, 9.17) is 0 Å². The predicted molar refractivity (Wildman–Crippen MR) is 75.8 cm³/mol. The first-order valence-corrected chi connectivity index (χ1v) is 7.39. The first-order chi connectivity index (χ1) is 7.39. The highest BCUT2D eigenvalue weighted by atomic mass is 14.2. The van der Waals surface area contributed by atoms with Gasteiger partial charge in [0.2, 0.25) is 0 Å². The second-order valence-corrected chi connectivity index (χ2v) is 6.89. The number of hydrogen-bond donors (Lipinski definition) is 0. The Hall–Kier alpha value is 0. The molecule has 0 N–H and O–H groups in total. The predicted octanol–water partition coefficient (Wildman–Crippen LogP) is 6.06. The molecule has 0 rings (SSSR count). The highest BCUT2D eigenvalue weighted by Gasteiger charge is 2.16. The van der Waals surface area contributed by atoms with Crippen LogP contribution < -0.4 is 0 Å². The Morgan fingerprint density at radius 2 is 1.31 bits per heavy atom. The minimum absolute atomic E-state index is 0.504. The average Bonchev–Trinajstić information content (AvgIpc) is 2.12. The van der Waals surface area contributed by atoms with Gasteiger partial charge < -0.3 is 0 Å². The molecule has 0 nitrogen and oxygen atoms in total. The number of hydrogen-bond acceptors (Lipinski definition) is 0. The van der Waals surface area contributed by atoms with E-state index in [0.29, 0.717) is 5.41 Å². The van der Waals surface area contributed by atoms with Crippen molar-refractivity contribution in [3.63, 3.8) is 0 Å². The van der Waals surface area contributed by atoms with Crippen molar-refractivity contribution < 1.29 is 0 Å². The molecule has 0 fully saturated rings. The molecule has 0 radical (unpaired) electrons. The molecule has 0 bridgehead atoms. The van der Waals surface area contributed by atoms with E-state index in [2.05, 4.69) is 41.5 Å². The van der Waals surface area contributed by atoms with Crippen LogP contribution in [0.3, 0.4) is 0 Å². The summed E-state index contributed by atoms with van der Waals surface area (Å²) in [5, 5.41) is 0. The van der Waals surface area contributed by atoms with Gasteiger partial charge in [0.25, 0.3) is 0 Å². The van der Waals surface area contributed by atoms with Gasteiger partial charge in [-0.1, -0.05) is 80.1 Å². The fourth-order valence-corrected chi connectivity index (χ4v) is 2.92. The molecule has 0 aliphatic rings. The van der Waals surface area contributed by atoms with Crippen LogP contribution in [0.4, 0.5) is 0 Å². The van der Waals surface area contributed by atoms with Gasteiger partial charge in [0.05, 0.1) is 0 Å². The van der Waals surface area contributed by atoms with Gasteiger partial charge in [0.15, 0.2) is 0 Å². The SMILES string of the molecule is CCCC(CCC)CCC(C)CC(C)(C)C. The minimum atomic E-state index is 0.504. The molecule has 1 unspecified atom stereocenters. The van der Waals surface area contributed by atoms with Gasteiger partial charge in [-0.15, -0.1) is 0 Å². The van der Waals surface area contributed by atoms with E-state index in [9.17, 15) is 0 Å². The van der Waals surface area contributed by atoms with Crippen LogP contribution in [-0.4, -0.2) is 0 Å². The normalized spacial score (nSPS) is 14.4. The highest BCUT2D eigenvalue weighted by Crippen LogP contribution is 2.29. The molecule has 16 heavy (non-hydrogen) atoms. The molecule has 0 aromatic rings. The number of rotatable bonds is 8. The Bertz CT molecular complexity index is 146. The third-order valence-corrected chi connectivity index (χ3v) is 3.42. The van der Waals surface area contributed by atoms with Crippen LogP contribution in [-0.2, 0) is 0 Å². The molecule has 0 saturated carbocycles. The van der Waals surface area contributed by atoms with Gasteiger partial charge in [-0.05, 0) is 23.7 Å². The summed E-state index contributed by atoms with van der Waals surface area (Å²) in [7, 11) is 0. The van der Waals surface area contributed by atoms with Crippen LogP contribution in [0.1, 0.15) is 86.5 Å². The lowest BCUT2D eigenvalue weighted by Crippen LogP contribution is -2.12. The molecule has 0 aliphatic carbocycles. The largest absolute Gasteiger partial charge is 0.0654 e. The molecule has 1 atom stereocenters. The van der Waals surface area contributed by atoms with Gasteiger partial charge in [0, 0.05) is 0 Å². The van der Waals surface area contributed by atoms with Gasteiger partial charge in [-0.25, -0.2) is 0 Å². The summed E-state index contributed by atoms with van der Waals surface area (Å²) in [6.45, 7) is 14.2. The Morgan fingerprint density at radius 1 is 0.812 bits per heavy atom. The van der Waals surface area contributed by atoms with E-state index in [1.165, 1.54) is 44.9 Å². The van der Waals surface area contributed by atoms with Crippen molar-refractivity contribution >= 4 is 0 Å². The van der Waals surface area contributed by atoms with Crippen LogP contribution >= 0.6 is 0 Å². The second-order valence-electron chi connectivity index (χ2n) is 6.89. The zero-order valence-electron chi connectivity index (χ0n) is 12.6. The van der Waals surface area contributed by atoms with Crippen molar-refractivity contribution in [3.05, 3.63) is 0 Å². The molecule has 0 aromatic heterocycles. The van der Waals surface area contributed by atoms with E-state index < -0.39 is 0 Å². The Kier molecular flexibility index (Phi) is 8.14. The molecule has 0 aromatic carbocycles. The lowest BCUT2D eigenvalue weighted by atomic mass is 9.81. The van der Waals surface area contributed by atoms with Crippen molar-refractivity contribution in [2.24, 2.45) is 17.3 Å². The lowest BCUT2D eigenvalue weighted by Gasteiger charge is -2.24. The molecule has 0 heteroatoms. The molecule has 0 heterocycles. The monoisotopic (exact) mass is 226 g/mol. The van der Waals surface area contributed by atoms with Gasteiger partial charge in [0.1, 0.15) is 0 Å². The maximum atomic E-state index is 2.43. The topological polar surface area (TPSA) is 0 Å². The zero-order chi connectivity index (χ0) is 12.6. The summed E-state index contributed by atoms with van der Waals surface area (Å²) < 4.78 is 0. The summed E-state index contributed by atoms with van der Waals surface area (Å²) in [6, 6.07) is 0. The molecule has 98 valence electrons. The van der Waals surface area contributed by atoms with Gasteiger partial charge >= 0.3 is 0 Å². The third kappa shape index (κ3) is 9.24. The molecule has 0 amide bonds. The smallest absolute Gasteiger partial charge is 0.0380 e. The van der Waals surface area contributed by atoms with Crippen molar-refractivity contribution in [1.29, 1.82) is 0 Å². The summed E-state index contributed by atoms with van der Waals surface area (Å²) in [6.07, 6.45) is 9.86. The zero-order valence-corrected chi connectivity index (χ0v) is 12.6. The van der Waals surface area contributed by atoms with Crippen LogP contribution in [0.5, 0.6) is 0 Å². The summed E-state index contributed by atoms with van der Waals surface area (Å²) >= 11 is 0. The molecule has 0 spiro atoms. The maximum absolute atomic E-state index is 2.43. The van der Waals surface area contributed by atoms with Crippen molar-refractivity contribution in [2.75, 3.05) is 0 Å². The van der Waals surface area contributed by atoms with E-state index >= 15 is 0 Å². The molecule has 0 aliphatic heterocycles. The molecular weight excluding hydrogens is 192 g/mol. The van der Waals surface area contributed by atoms with Crippen molar-refractivity contribution in [1.82, 2.24) is 0 Å². The second kappa shape index (κ2) is 8.14. The average molecular weight is 226 g/mol. The summed E-state index contributed by atoms with van der Waals surface area (Å²) in [5.74, 6) is 1.90.